The number of anilines is 1. The Bertz CT molecular complexity index is 1530. The lowest BCUT2D eigenvalue weighted by atomic mass is 9.74. The summed E-state index contributed by atoms with van der Waals surface area (Å²) in [6.07, 6.45) is 5.45. The van der Waals surface area contributed by atoms with E-state index in [9.17, 15) is 9.59 Å². The van der Waals surface area contributed by atoms with Gasteiger partial charge in [-0.05, 0) is 36.9 Å². The van der Waals surface area contributed by atoms with Gasteiger partial charge in [0.15, 0.2) is 0 Å². The zero-order valence-corrected chi connectivity index (χ0v) is 21.5. The molecule has 0 unspecified atom stereocenters. The summed E-state index contributed by atoms with van der Waals surface area (Å²) in [6, 6.07) is 20.0. The standard InChI is InChI=1S/C29H27N5O2S/c1-28(2,37-30)26(35)33-17-29(18-33)22-11-5-6-12-24(22)34(27(29)36)16-23-25(20-9-7-13-31-14-20)21-10-4-3-8-19(21)15-32-23/h3-15H,16-18,30H2,1-2H3. The number of carbonyl (C=O) groups is 2. The molecule has 0 saturated carbocycles. The van der Waals surface area contributed by atoms with Gasteiger partial charge in [0.1, 0.15) is 10.2 Å². The van der Waals surface area contributed by atoms with Gasteiger partial charge in [-0.3, -0.25) is 24.7 Å². The number of fused-ring (bicyclic) bond motifs is 3. The highest BCUT2D eigenvalue weighted by Crippen LogP contribution is 2.49. The van der Waals surface area contributed by atoms with Crippen molar-refractivity contribution in [3.8, 4) is 11.1 Å². The minimum Gasteiger partial charge on any atom is -0.338 e. The Labute approximate surface area is 219 Å². The van der Waals surface area contributed by atoms with Gasteiger partial charge in [0, 0.05) is 53.9 Å². The van der Waals surface area contributed by atoms with E-state index < -0.39 is 10.2 Å². The Balaban J connectivity index is 1.39. The van der Waals surface area contributed by atoms with Crippen LogP contribution in [-0.2, 0) is 21.5 Å². The predicted octanol–water partition coefficient (Wildman–Crippen LogP) is 4.31. The number of para-hydroxylation sites is 1. The monoisotopic (exact) mass is 509 g/mol. The van der Waals surface area contributed by atoms with Crippen LogP contribution in [0, 0.1) is 0 Å². The molecular formula is C29H27N5O2S. The van der Waals surface area contributed by atoms with Crippen molar-refractivity contribution in [2.24, 2.45) is 5.14 Å². The number of pyridine rings is 2. The summed E-state index contributed by atoms with van der Waals surface area (Å²) in [4.78, 5) is 39.8. The van der Waals surface area contributed by atoms with Crippen molar-refractivity contribution in [2.75, 3.05) is 18.0 Å². The number of likely N-dealkylation sites (tertiary alicyclic amines) is 1. The third-order valence-electron chi connectivity index (χ3n) is 7.52. The molecule has 0 atom stereocenters. The van der Waals surface area contributed by atoms with Crippen molar-refractivity contribution >= 4 is 40.2 Å². The van der Waals surface area contributed by atoms with E-state index in [1.807, 2.05) is 85.7 Å². The molecule has 2 amide bonds. The fraction of sp³-hybridized carbons (Fsp3) is 0.241. The number of carbonyl (C=O) groups excluding carboxylic acids is 2. The summed E-state index contributed by atoms with van der Waals surface area (Å²) in [6.45, 7) is 4.65. The first-order chi connectivity index (χ1) is 17.9. The van der Waals surface area contributed by atoms with Gasteiger partial charge in [-0.25, -0.2) is 0 Å². The molecule has 186 valence electrons. The molecule has 2 aromatic carbocycles. The molecule has 2 N–H and O–H groups in total. The number of hydrogen-bond acceptors (Lipinski definition) is 6. The summed E-state index contributed by atoms with van der Waals surface area (Å²) >= 11 is 1.03. The largest absolute Gasteiger partial charge is 0.338 e. The fourth-order valence-corrected chi connectivity index (χ4v) is 5.78. The maximum Gasteiger partial charge on any atom is 0.241 e. The van der Waals surface area contributed by atoms with E-state index in [1.54, 1.807) is 11.1 Å². The first-order valence-corrected chi connectivity index (χ1v) is 13.1. The van der Waals surface area contributed by atoms with E-state index in [0.29, 0.717) is 19.6 Å². The maximum atomic E-state index is 14.1. The molecule has 1 saturated heterocycles. The van der Waals surface area contributed by atoms with Crippen molar-refractivity contribution in [1.29, 1.82) is 0 Å². The van der Waals surface area contributed by atoms with Crippen LogP contribution in [0.3, 0.4) is 0 Å². The van der Waals surface area contributed by atoms with Crippen LogP contribution in [0.25, 0.3) is 21.9 Å². The van der Waals surface area contributed by atoms with Gasteiger partial charge in [0.25, 0.3) is 0 Å². The van der Waals surface area contributed by atoms with Crippen LogP contribution in [0.4, 0.5) is 5.69 Å². The number of benzene rings is 2. The van der Waals surface area contributed by atoms with Gasteiger partial charge in [-0.15, -0.1) is 0 Å². The zero-order valence-electron chi connectivity index (χ0n) is 20.7. The second kappa shape index (κ2) is 8.68. The molecule has 1 fully saturated rings. The number of amides is 2. The number of aromatic nitrogens is 2. The molecule has 8 heteroatoms. The molecule has 2 aliphatic heterocycles. The van der Waals surface area contributed by atoms with Gasteiger partial charge >= 0.3 is 0 Å². The predicted molar refractivity (Wildman–Crippen MR) is 147 cm³/mol. The summed E-state index contributed by atoms with van der Waals surface area (Å²) in [7, 11) is 0. The van der Waals surface area contributed by atoms with Gasteiger partial charge in [0.2, 0.25) is 11.8 Å². The molecule has 37 heavy (non-hydrogen) atoms. The molecule has 0 bridgehead atoms. The van der Waals surface area contributed by atoms with Crippen molar-refractivity contribution in [3.63, 3.8) is 0 Å². The van der Waals surface area contributed by atoms with E-state index in [2.05, 4.69) is 11.1 Å². The Morgan fingerprint density at radius 2 is 1.81 bits per heavy atom. The number of nitrogens with two attached hydrogens (primary N) is 1. The second-order valence-electron chi connectivity index (χ2n) is 10.2. The Hall–Kier alpha value is -3.75. The minimum atomic E-state index is -0.743. The van der Waals surface area contributed by atoms with Crippen LogP contribution >= 0.6 is 11.9 Å². The highest BCUT2D eigenvalue weighted by Gasteiger charge is 2.60. The first kappa shape index (κ1) is 23.6. The van der Waals surface area contributed by atoms with E-state index >= 15 is 0 Å². The average molecular weight is 510 g/mol. The van der Waals surface area contributed by atoms with Gasteiger partial charge in [-0.2, -0.15) is 0 Å². The quantitative estimate of drug-likeness (QED) is 0.403. The summed E-state index contributed by atoms with van der Waals surface area (Å²) in [5.74, 6) is -0.0486. The Morgan fingerprint density at radius 3 is 2.57 bits per heavy atom. The number of hydrogen-bond donors (Lipinski definition) is 1. The lowest BCUT2D eigenvalue weighted by Gasteiger charge is -2.48. The smallest absolute Gasteiger partial charge is 0.241 e. The van der Waals surface area contributed by atoms with Crippen LogP contribution in [0.2, 0.25) is 0 Å². The molecule has 6 rings (SSSR count). The fourth-order valence-electron chi connectivity index (χ4n) is 5.55. The van der Waals surface area contributed by atoms with E-state index in [0.717, 1.165) is 50.8 Å². The van der Waals surface area contributed by atoms with Crippen LogP contribution < -0.4 is 10.0 Å². The molecule has 0 radical (unpaired) electrons. The third-order valence-corrected chi connectivity index (χ3v) is 8.28. The Morgan fingerprint density at radius 1 is 1.05 bits per heavy atom. The summed E-state index contributed by atoms with van der Waals surface area (Å²) < 4.78 is -0.740. The highest BCUT2D eigenvalue weighted by molar-refractivity contribution is 7.99. The normalized spacial score (nSPS) is 16.2. The van der Waals surface area contributed by atoms with E-state index in [4.69, 9.17) is 10.1 Å². The molecule has 0 aliphatic carbocycles. The molecule has 7 nitrogen and oxygen atoms in total. The van der Waals surface area contributed by atoms with Crippen molar-refractivity contribution in [1.82, 2.24) is 14.9 Å². The third kappa shape index (κ3) is 3.62. The van der Waals surface area contributed by atoms with E-state index in [1.165, 1.54) is 0 Å². The topological polar surface area (TPSA) is 92.4 Å². The van der Waals surface area contributed by atoms with Crippen molar-refractivity contribution in [3.05, 3.63) is 90.5 Å². The molecule has 2 aliphatic rings. The number of nitrogens with zero attached hydrogens (tertiary/aromatic N) is 4. The van der Waals surface area contributed by atoms with Crippen LogP contribution in [0.1, 0.15) is 25.1 Å². The molecular weight excluding hydrogens is 482 g/mol. The first-order valence-electron chi connectivity index (χ1n) is 12.2. The second-order valence-corrected chi connectivity index (χ2v) is 11.4. The summed E-state index contributed by atoms with van der Waals surface area (Å²) in [5.41, 5.74) is 3.83. The van der Waals surface area contributed by atoms with Gasteiger partial charge in [0.05, 0.1) is 12.2 Å². The molecule has 4 heterocycles. The zero-order chi connectivity index (χ0) is 25.8. The highest BCUT2D eigenvalue weighted by atomic mass is 32.2. The van der Waals surface area contributed by atoms with Crippen LogP contribution in [0.15, 0.2) is 79.3 Å². The van der Waals surface area contributed by atoms with Crippen molar-refractivity contribution in [2.45, 2.75) is 30.6 Å². The molecule has 2 aromatic heterocycles. The summed E-state index contributed by atoms with van der Waals surface area (Å²) in [5, 5.41) is 7.86. The maximum absolute atomic E-state index is 14.1. The lowest BCUT2D eigenvalue weighted by Crippen LogP contribution is -2.67. The minimum absolute atomic E-state index is 0.00283. The molecule has 1 spiro atoms. The average Bonchev–Trinajstić information content (AvgIpc) is 3.15. The van der Waals surface area contributed by atoms with Gasteiger partial charge < -0.3 is 9.80 Å². The lowest BCUT2D eigenvalue weighted by molar-refractivity contribution is -0.145. The number of rotatable bonds is 5. The Kier molecular flexibility index (Phi) is 5.54. The van der Waals surface area contributed by atoms with Crippen LogP contribution in [0.5, 0.6) is 0 Å². The van der Waals surface area contributed by atoms with Crippen molar-refractivity contribution < 1.29 is 9.59 Å². The SMILES string of the molecule is CC(C)(SN)C(=O)N1CC2(C1)C(=O)N(Cc1ncc3ccccc3c1-c1cccnc1)c1ccccc12. The molecule has 4 aromatic rings. The van der Waals surface area contributed by atoms with Crippen LogP contribution in [-0.4, -0.2) is 44.5 Å². The van der Waals surface area contributed by atoms with Gasteiger partial charge in [-0.1, -0.05) is 60.5 Å². The van der Waals surface area contributed by atoms with E-state index in [-0.39, 0.29) is 11.8 Å².